The summed E-state index contributed by atoms with van der Waals surface area (Å²) in [7, 11) is 1.85. The van der Waals surface area contributed by atoms with E-state index < -0.39 is 4.92 Å². The highest BCUT2D eigenvalue weighted by molar-refractivity contribution is 9.11. The number of nitrogens with zero attached hydrogens (tertiary/aromatic N) is 2. The molecule has 0 amide bonds. The van der Waals surface area contributed by atoms with E-state index in [2.05, 4.69) is 15.9 Å². The molecule has 1 heterocycles. The highest BCUT2D eigenvalue weighted by atomic mass is 79.9. The zero-order chi connectivity index (χ0) is 8.43. The first-order chi connectivity index (χ1) is 5.11. The Morgan fingerprint density at radius 2 is 2.45 bits per heavy atom. The molecule has 0 unspecified atom stereocenters. The van der Waals surface area contributed by atoms with E-state index in [1.807, 2.05) is 11.9 Å². The number of nitro groups is 1. The lowest BCUT2D eigenvalue weighted by molar-refractivity contribution is -0.419. The minimum atomic E-state index is -0.395. The van der Waals surface area contributed by atoms with Crippen LogP contribution < -0.4 is 0 Å². The Balaban J connectivity index is 2.83. The molecule has 4 nitrogen and oxygen atoms in total. The third kappa shape index (κ3) is 1.80. The van der Waals surface area contributed by atoms with Crippen molar-refractivity contribution >= 4 is 15.9 Å². The molecule has 5 heteroatoms. The number of rotatable bonds is 1. The Labute approximate surface area is 72.5 Å². The van der Waals surface area contributed by atoms with Crippen molar-refractivity contribution in [1.82, 2.24) is 4.90 Å². The largest absolute Gasteiger partial charge is 0.365 e. The lowest BCUT2D eigenvalue weighted by atomic mass is 10.3. The minimum Gasteiger partial charge on any atom is -0.365 e. The van der Waals surface area contributed by atoms with Crippen LogP contribution in [0.5, 0.6) is 0 Å². The number of hydrogen-bond donors (Lipinski definition) is 0. The summed E-state index contributed by atoms with van der Waals surface area (Å²) in [6, 6.07) is 0. The van der Waals surface area contributed by atoms with Crippen molar-refractivity contribution in [1.29, 1.82) is 0 Å². The maximum absolute atomic E-state index is 10.3. The van der Waals surface area contributed by atoms with E-state index in [1.54, 1.807) is 6.08 Å². The molecule has 1 rings (SSSR count). The predicted molar refractivity (Wildman–Crippen MR) is 44.7 cm³/mol. The zero-order valence-corrected chi connectivity index (χ0v) is 7.54. The van der Waals surface area contributed by atoms with Gasteiger partial charge in [0.2, 0.25) is 0 Å². The van der Waals surface area contributed by atoms with Crippen molar-refractivity contribution in [3.8, 4) is 0 Å². The molecule has 0 aromatic rings. The average Bonchev–Trinajstić information content (AvgIpc) is 1.94. The molecule has 60 valence electrons. The molecule has 0 saturated heterocycles. The third-order valence-electron chi connectivity index (χ3n) is 1.42. The molecule has 0 radical (unpaired) electrons. The van der Waals surface area contributed by atoms with Crippen LogP contribution in [-0.4, -0.2) is 23.4 Å². The molecule has 0 spiro atoms. The number of allylic oxidation sites excluding steroid dienone is 1. The standard InChI is InChI=1S/C6H7BrN2O2/c1-8-3-2-5(9(10)11)4-6(8)7/h2,4H,3H2,1H3. The quantitative estimate of drug-likeness (QED) is 0.379. The molecule has 0 bridgehead atoms. The van der Waals surface area contributed by atoms with Crippen LogP contribution in [0, 0.1) is 10.1 Å². The fourth-order valence-electron chi connectivity index (χ4n) is 0.736. The van der Waals surface area contributed by atoms with Crippen LogP contribution in [0.2, 0.25) is 0 Å². The molecule has 0 atom stereocenters. The maximum Gasteiger partial charge on any atom is 0.269 e. The van der Waals surface area contributed by atoms with Crippen molar-refractivity contribution in [3.05, 3.63) is 32.6 Å². The summed E-state index contributed by atoms with van der Waals surface area (Å²) in [4.78, 5) is 11.7. The Hall–Kier alpha value is -0.840. The summed E-state index contributed by atoms with van der Waals surface area (Å²) in [5.74, 6) is 0. The predicted octanol–water partition coefficient (Wildman–Crippen LogP) is 1.33. The van der Waals surface area contributed by atoms with Crippen LogP contribution in [0.1, 0.15) is 0 Å². The summed E-state index contributed by atoms with van der Waals surface area (Å²) < 4.78 is 0.742. The van der Waals surface area contributed by atoms with Gasteiger partial charge in [0.05, 0.1) is 9.53 Å². The van der Waals surface area contributed by atoms with Crippen LogP contribution >= 0.6 is 15.9 Å². The first-order valence-corrected chi connectivity index (χ1v) is 3.83. The van der Waals surface area contributed by atoms with Crippen LogP contribution in [0.3, 0.4) is 0 Å². The molecule has 0 aromatic heterocycles. The van der Waals surface area contributed by atoms with Crippen LogP contribution in [-0.2, 0) is 0 Å². The van der Waals surface area contributed by atoms with Crippen molar-refractivity contribution in [2.75, 3.05) is 13.6 Å². The van der Waals surface area contributed by atoms with Gasteiger partial charge in [-0.1, -0.05) is 0 Å². The number of likely N-dealkylation sites (N-methyl/N-ethyl adjacent to an activating group) is 1. The van der Waals surface area contributed by atoms with Crippen molar-refractivity contribution in [3.63, 3.8) is 0 Å². The Morgan fingerprint density at radius 1 is 1.82 bits per heavy atom. The highest BCUT2D eigenvalue weighted by Crippen LogP contribution is 2.17. The van der Waals surface area contributed by atoms with Gasteiger partial charge in [-0.15, -0.1) is 0 Å². The Morgan fingerprint density at radius 3 is 2.91 bits per heavy atom. The van der Waals surface area contributed by atoms with Crippen molar-refractivity contribution in [2.24, 2.45) is 0 Å². The molecule has 0 aliphatic carbocycles. The van der Waals surface area contributed by atoms with E-state index in [0.717, 1.165) is 4.61 Å². The maximum atomic E-state index is 10.3. The SMILES string of the molecule is CN1CC=C([N+](=O)[O-])C=C1Br. The van der Waals surface area contributed by atoms with Gasteiger partial charge in [-0.25, -0.2) is 0 Å². The van der Waals surface area contributed by atoms with Crippen LogP contribution in [0.4, 0.5) is 0 Å². The Bertz CT molecular complexity index is 247. The van der Waals surface area contributed by atoms with Gasteiger partial charge in [0.25, 0.3) is 5.70 Å². The van der Waals surface area contributed by atoms with Crippen LogP contribution in [0.15, 0.2) is 22.5 Å². The first kappa shape index (κ1) is 8.26. The lowest BCUT2D eigenvalue weighted by Crippen LogP contribution is -2.19. The van der Waals surface area contributed by atoms with Gasteiger partial charge in [-0.3, -0.25) is 10.1 Å². The summed E-state index contributed by atoms with van der Waals surface area (Å²) in [5, 5.41) is 10.3. The summed E-state index contributed by atoms with van der Waals surface area (Å²) in [6.07, 6.45) is 3.06. The van der Waals surface area contributed by atoms with Crippen molar-refractivity contribution in [2.45, 2.75) is 0 Å². The smallest absolute Gasteiger partial charge is 0.269 e. The fraction of sp³-hybridized carbons (Fsp3) is 0.333. The van der Waals surface area contributed by atoms with E-state index >= 15 is 0 Å². The molecule has 1 aliphatic rings. The van der Waals surface area contributed by atoms with Gasteiger partial charge in [-0.2, -0.15) is 0 Å². The topological polar surface area (TPSA) is 46.4 Å². The average molecular weight is 219 g/mol. The number of halogens is 1. The van der Waals surface area contributed by atoms with Gasteiger partial charge >= 0.3 is 0 Å². The molecular formula is C6H7BrN2O2. The molecule has 0 aromatic carbocycles. The molecular weight excluding hydrogens is 212 g/mol. The second kappa shape index (κ2) is 3.04. The van der Waals surface area contributed by atoms with Gasteiger partial charge in [0, 0.05) is 25.7 Å². The van der Waals surface area contributed by atoms with Crippen molar-refractivity contribution < 1.29 is 4.92 Å². The molecule has 0 saturated carbocycles. The normalized spacial score (nSPS) is 17.5. The molecule has 11 heavy (non-hydrogen) atoms. The summed E-state index contributed by atoms with van der Waals surface area (Å²) >= 11 is 3.20. The lowest BCUT2D eigenvalue weighted by Gasteiger charge is -2.18. The van der Waals surface area contributed by atoms with E-state index in [9.17, 15) is 10.1 Å². The highest BCUT2D eigenvalue weighted by Gasteiger charge is 2.14. The second-order valence-electron chi connectivity index (χ2n) is 2.23. The number of hydrogen-bond acceptors (Lipinski definition) is 3. The molecule has 0 fully saturated rings. The zero-order valence-electron chi connectivity index (χ0n) is 5.95. The third-order valence-corrected chi connectivity index (χ3v) is 2.25. The minimum absolute atomic E-state index is 0.148. The fourth-order valence-corrected chi connectivity index (χ4v) is 1.12. The van der Waals surface area contributed by atoms with Gasteiger partial charge in [0.1, 0.15) is 0 Å². The van der Waals surface area contributed by atoms with Gasteiger partial charge < -0.3 is 4.90 Å². The van der Waals surface area contributed by atoms with Gasteiger partial charge in [0.15, 0.2) is 0 Å². The van der Waals surface area contributed by atoms with E-state index in [1.165, 1.54) is 6.08 Å². The van der Waals surface area contributed by atoms with Gasteiger partial charge in [-0.05, 0) is 15.9 Å². The molecule has 1 aliphatic heterocycles. The van der Waals surface area contributed by atoms with Crippen LogP contribution in [0.25, 0.3) is 0 Å². The van der Waals surface area contributed by atoms with E-state index in [0.29, 0.717) is 6.54 Å². The summed E-state index contributed by atoms with van der Waals surface area (Å²) in [6.45, 7) is 0.577. The monoisotopic (exact) mass is 218 g/mol. The Kier molecular flexibility index (Phi) is 2.28. The first-order valence-electron chi connectivity index (χ1n) is 3.04. The van der Waals surface area contributed by atoms with E-state index in [4.69, 9.17) is 0 Å². The summed E-state index contributed by atoms with van der Waals surface area (Å²) in [5.41, 5.74) is 0.148. The second-order valence-corrected chi connectivity index (χ2v) is 3.05. The van der Waals surface area contributed by atoms with E-state index in [-0.39, 0.29) is 5.70 Å². The molecule has 0 N–H and O–H groups in total.